The van der Waals surface area contributed by atoms with Gasteiger partial charge < -0.3 is 5.73 Å². The molecule has 4 rings (SSSR count). The van der Waals surface area contributed by atoms with Gasteiger partial charge in [-0.15, -0.1) is 5.11 Å². The molecule has 0 fully saturated rings. The summed E-state index contributed by atoms with van der Waals surface area (Å²) in [6.07, 6.45) is 0. The van der Waals surface area contributed by atoms with Crippen LogP contribution in [0.5, 0.6) is 0 Å². The molecule has 0 heterocycles. The fourth-order valence-corrected chi connectivity index (χ4v) is 2.73. The van der Waals surface area contributed by atoms with E-state index in [-0.39, 0.29) is 0 Å². The Kier molecular flexibility index (Phi) is 3.24. The average molecular weight is 297 g/mol. The summed E-state index contributed by atoms with van der Waals surface area (Å²) in [6, 6.07) is 26.2. The lowest BCUT2D eigenvalue weighted by molar-refractivity contribution is 1.25. The highest BCUT2D eigenvalue weighted by Crippen LogP contribution is 2.33. The lowest BCUT2D eigenvalue weighted by atomic mass is 10.1. The summed E-state index contributed by atoms with van der Waals surface area (Å²) >= 11 is 0. The smallest absolute Gasteiger partial charge is 0.116 e. The molecule has 110 valence electrons. The normalized spacial score (nSPS) is 11.5. The molecule has 0 saturated heterocycles. The third-order valence-electron chi connectivity index (χ3n) is 3.93. The summed E-state index contributed by atoms with van der Waals surface area (Å²) in [5.74, 6) is 0. The van der Waals surface area contributed by atoms with Gasteiger partial charge in [0, 0.05) is 5.39 Å². The first kappa shape index (κ1) is 13.5. The molecule has 4 aromatic rings. The highest BCUT2D eigenvalue weighted by atomic mass is 15.1. The number of anilines is 1. The molecule has 0 bridgehead atoms. The maximum Gasteiger partial charge on any atom is 0.116 e. The summed E-state index contributed by atoms with van der Waals surface area (Å²) in [5.41, 5.74) is 8.25. The molecule has 23 heavy (non-hydrogen) atoms. The molecule has 0 aliphatic carbocycles. The van der Waals surface area contributed by atoms with Crippen molar-refractivity contribution in [3.05, 3.63) is 78.9 Å². The molecular weight excluding hydrogens is 282 g/mol. The van der Waals surface area contributed by atoms with Crippen molar-refractivity contribution in [1.82, 2.24) is 0 Å². The minimum atomic E-state index is 0.633. The minimum absolute atomic E-state index is 0.633. The molecule has 0 amide bonds. The van der Waals surface area contributed by atoms with E-state index in [2.05, 4.69) is 28.4 Å². The van der Waals surface area contributed by atoms with E-state index in [9.17, 15) is 0 Å². The number of hydrogen-bond donors (Lipinski definition) is 1. The molecule has 0 aliphatic heterocycles. The molecular formula is C20H15N3. The molecule has 0 aliphatic rings. The third-order valence-corrected chi connectivity index (χ3v) is 3.93. The highest BCUT2D eigenvalue weighted by molar-refractivity contribution is 5.97. The van der Waals surface area contributed by atoms with Crippen molar-refractivity contribution < 1.29 is 0 Å². The fourth-order valence-electron chi connectivity index (χ4n) is 2.73. The van der Waals surface area contributed by atoms with E-state index in [0.29, 0.717) is 5.69 Å². The fraction of sp³-hybridized carbons (Fsp3) is 0. The number of nitrogens with zero attached hydrogens (tertiary/aromatic N) is 2. The number of rotatable bonds is 2. The quantitative estimate of drug-likeness (QED) is 0.358. The SMILES string of the molecule is Nc1ccc2ccccc2c1N=Nc1ccc2ccccc2c1. The van der Waals surface area contributed by atoms with E-state index in [1.165, 1.54) is 5.39 Å². The molecule has 0 spiro atoms. The van der Waals surface area contributed by atoms with Gasteiger partial charge in [0.25, 0.3) is 0 Å². The van der Waals surface area contributed by atoms with Crippen LogP contribution in [0.4, 0.5) is 17.1 Å². The first-order valence-electron chi connectivity index (χ1n) is 7.49. The zero-order valence-electron chi connectivity index (χ0n) is 12.5. The number of hydrogen-bond acceptors (Lipinski definition) is 3. The lowest BCUT2D eigenvalue weighted by Gasteiger charge is -2.04. The molecule has 0 unspecified atom stereocenters. The first-order chi connectivity index (χ1) is 11.3. The van der Waals surface area contributed by atoms with Crippen LogP contribution in [-0.2, 0) is 0 Å². The maximum atomic E-state index is 6.09. The second-order valence-corrected chi connectivity index (χ2v) is 5.46. The Morgan fingerprint density at radius 1 is 0.609 bits per heavy atom. The minimum Gasteiger partial charge on any atom is -0.397 e. The lowest BCUT2D eigenvalue weighted by Crippen LogP contribution is -1.85. The van der Waals surface area contributed by atoms with Gasteiger partial charge in [-0.25, -0.2) is 0 Å². The van der Waals surface area contributed by atoms with Crippen molar-refractivity contribution in [1.29, 1.82) is 0 Å². The van der Waals surface area contributed by atoms with Gasteiger partial charge in [-0.1, -0.05) is 60.7 Å². The average Bonchev–Trinajstić information content (AvgIpc) is 2.61. The van der Waals surface area contributed by atoms with E-state index < -0.39 is 0 Å². The summed E-state index contributed by atoms with van der Waals surface area (Å²) < 4.78 is 0. The molecule has 2 N–H and O–H groups in total. The number of nitrogen functional groups attached to an aromatic ring is 1. The van der Waals surface area contributed by atoms with Gasteiger partial charge in [0.15, 0.2) is 0 Å². The summed E-state index contributed by atoms with van der Waals surface area (Å²) in [6.45, 7) is 0. The van der Waals surface area contributed by atoms with Crippen LogP contribution < -0.4 is 5.73 Å². The molecule has 3 nitrogen and oxygen atoms in total. The van der Waals surface area contributed by atoms with Gasteiger partial charge in [-0.2, -0.15) is 5.11 Å². The van der Waals surface area contributed by atoms with Crippen molar-refractivity contribution in [2.24, 2.45) is 10.2 Å². The number of fused-ring (bicyclic) bond motifs is 2. The van der Waals surface area contributed by atoms with Crippen molar-refractivity contribution >= 4 is 38.6 Å². The van der Waals surface area contributed by atoms with Crippen molar-refractivity contribution in [3.8, 4) is 0 Å². The van der Waals surface area contributed by atoms with Gasteiger partial charge in [0.2, 0.25) is 0 Å². The van der Waals surface area contributed by atoms with Crippen LogP contribution in [0.2, 0.25) is 0 Å². The topological polar surface area (TPSA) is 50.7 Å². The van der Waals surface area contributed by atoms with Crippen LogP contribution >= 0.6 is 0 Å². The summed E-state index contributed by atoms with van der Waals surface area (Å²) in [5, 5.41) is 13.2. The maximum absolute atomic E-state index is 6.09. The number of benzene rings is 4. The Bertz CT molecular complexity index is 1040. The molecule has 0 atom stereocenters. The van der Waals surface area contributed by atoms with Gasteiger partial charge in [0.1, 0.15) is 5.69 Å². The van der Waals surface area contributed by atoms with Gasteiger partial charge in [-0.05, 0) is 34.4 Å². The Hall–Kier alpha value is -3.20. The van der Waals surface area contributed by atoms with Gasteiger partial charge in [0.05, 0.1) is 11.4 Å². The number of nitrogens with two attached hydrogens (primary N) is 1. The van der Waals surface area contributed by atoms with Crippen LogP contribution in [0.1, 0.15) is 0 Å². The highest BCUT2D eigenvalue weighted by Gasteiger charge is 2.04. The van der Waals surface area contributed by atoms with Crippen LogP contribution in [-0.4, -0.2) is 0 Å². The second-order valence-electron chi connectivity index (χ2n) is 5.46. The standard InChI is InChI=1S/C20H15N3/c21-19-12-10-15-6-3-4-8-18(15)20(19)23-22-17-11-9-14-5-1-2-7-16(14)13-17/h1-13H,21H2. The monoisotopic (exact) mass is 297 g/mol. The largest absolute Gasteiger partial charge is 0.397 e. The number of azo groups is 1. The van der Waals surface area contributed by atoms with E-state index in [1.807, 2.05) is 60.7 Å². The summed E-state index contributed by atoms with van der Waals surface area (Å²) in [4.78, 5) is 0. The molecule has 3 heteroatoms. The van der Waals surface area contributed by atoms with Crippen LogP contribution in [0.25, 0.3) is 21.5 Å². The van der Waals surface area contributed by atoms with Crippen LogP contribution in [0.3, 0.4) is 0 Å². The van der Waals surface area contributed by atoms with E-state index >= 15 is 0 Å². The Labute approximate surface area is 134 Å². The van der Waals surface area contributed by atoms with E-state index in [0.717, 1.165) is 27.5 Å². The van der Waals surface area contributed by atoms with Crippen LogP contribution in [0.15, 0.2) is 89.1 Å². The predicted octanol–water partition coefficient (Wildman–Crippen LogP) is 5.99. The Morgan fingerprint density at radius 3 is 2.17 bits per heavy atom. The zero-order valence-corrected chi connectivity index (χ0v) is 12.5. The molecule has 0 aromatic heterocycles. The van der Waals surface area contributed by atoms with Gasteiger partial charge in [-0.3, -0.25) is 0 Å². The molecule has 0 saturated carbocycles. The Balaban J connectivity index is 1.79. The second kappa shape index (κ2) is 5.54. The van der Waals surface area contributed by atoms with E-state index in [1.54, 1.807) is 0 Å². The van der Waals surface area contributed by atoms with E-state index in [4.69, 9.17) is 5.73 Å². The Morgan fingerprint density at radius 2 is 1.30 bits per heavy atom. The zero-order chi connectivity index (χ0) is 15.6. The van der Waals surface area contributed by atoms with Crippen molar-refractivity contribution in [2.45, 2.75) is 0 Å². The van der Waals surface area contributed by atoms with Gasteiger partial charge >= 0.3 is 0 Å². The predicted molar refractivity (Wildman–Crippen MR) is 96.5 cm³/mol. The van der Waals surface area contributed by atoms with Crippen LogP contribution in [0, 0.1) is 0 Å². The first-order valence-corrected chi connectivity index (χ1v) is 7.49. The van der Waals surface area contributed by atoms with Crippen molar-refractivity contribution in [2.75, 3.05) is 5.73 Å². The molecule has 0 radical (unpaired) electrons. The summed E-state index contributed by atoms with van der Waals surface area (Å²) in [7, 11) is 0. The van der Waals surface area contributed by atoms with Crippen molar-refractivity contribution in [3.63, 3.8) is 0 Å². The third kappa shape index (κ3) is 2.53. The molecule has 4 aromatic carbocycles.